The highest BCUT2D eigenvalue weighted by molar-refractivity contribution is 6.27. The minimum absolute atomic E-state index is 0.285. The van der Waals surface area contributed by atoms with Gasteiger partial charge in [-0.2, -0.15) is 0 Å². The number of ether oxygens (including phenoxy) is 1. The number of carboxylic acid groups (broad SMARTS) is 2. The number of nitrogens with zero attached hydrogens (tertiary/aromatic N) is 2. The predicted octanol–water partition coefficient (Wildman–Crippen LogP) is 4.60. The monoisotopic (exact) mass is 538 g/mol. The molecule has 1 aliphatic rings. The zero-order valence-electron chi connectivity index (χ0n) is 21.5. The lowest BCUT2D eigenvalue weighted by Crippen LogP contribution is -2.45. The van der Waals surface area contributed by atoms with Gasteiger partial charge in [0.15, 0.2) is 0 Å². The molecule has 7 nitrogen and oxygen atoms in total. The number of rotatable bonds is 9. The summed E-state index contributed by atoms with van der Waals surface area (Å²) in [4.78, 5) is 23.0. The van der Waals surface area contributed by atoms with Crippen molar-refractivity contribution in [2.24, 2.45) is 0 Å². The topological polar surface area (TPSA) is 90.3 Å². The molecule has 0 aliphatic carbocycles. The van der Waals surface area contributed by atoms with Crippen molar-refractivity contribution in [1.82, 2.24) is 9.80 Å². The average molecular weight is 539 g/mol. The van der Waals surface area contributed by atoms with Gasteiger partial charge in [-0.05, 0) is 53.6 Å². The molecule has 4 rings (SSSR count). The largest absolute Gasteiger partial charge is 0.473 e. The minimum Gasteiger partial charge on any atom is -0.473 e. The van der Waals surface area contributed by atoms with Crippen LogP contribution < -0.4 is 0 Å². The Morgan fingerprint density at radius 1 is 0.795 bits per heavy atom. The van der Waals surface area contributed by atoms with Crippen LogP contribution in [0.15, 0.2) is 91.1 Å². The van der Waals surface area contributed by atoms with Crippen LogP contribution in [0.5, 0.6) is 0 Å². The highest BCUT2D eigenvalue weighted by Gasteiger charge is 2.18. The maximum atomic E-state index is 13.4. The summed E-state index contributed by atoms with van der Waals surface area (Å²) in [6.45, 7) is 5.31. The molecule has 3 aromatic rings. The molecule has 39 heavy (non-hydrogen) atoms. The van der Waals surface area contributed by atoms with Crippen LogP contribution in [0.1, 0.15) is 22.8 Å². The lowest BCUT2D eigenvalue weighted by molar-refractivity contribution is -0.159. The molecule has 0 spiro atoms. The third-order valence-electron chi connectivity index (χ3n) is 6.14. The smallest absolute Gasteiger partial charge is 0.414 e. The molecule has 0 atom stereocenters. The van der Waals surface area contributed by atoms with Crippen molar-refractivity contribution in [1.29, 1.82) is 0 Å². The zero-order chi connectivity index (χ0) is 28.0. The summed E-state index contributed by atoms with van der Waals surface area (Å²) < 4.78 is 33.0. The molecule has 9 heteroatoms. The Labute approximate surface area is 226 Å². The van der Waals surface area contributed by atoms with Gasteiger partial charge in [-0.15, -0.1) is 0 Å². The first kappa shape index (κ1) is 29.5. The normalized spacial score (nSPS) is 13.8. The molecule has 0 unspecified atom stereocenters. The van der Waals surface area contributed by atoms with Crippen molar-refractivity contribution >= 4 is 11.9 Å². The van der Waals surface area contributed by atoms with Crippen LogP contribution in [0.3, 0.4) is 0 Å². The van der Waals surface area contributed by atoms with E-state index in [4.69, 9.17) is 24.5 Å². The van der Waals surface area contributed by atoms with Crippen molar-refractivity contribution < 1.29 is 33.3 Å². The molecule has 1 fully saturated rings. The van der Waals surface area contributed by atoms with Crippen LogP contribution in [0, 0.1) is 11.6 Å². The first-order chi connectivity index (χ1) is 18.8. The lowest BCUT2D eigenvalue weighted by atomic mass is 10.0. The summed E-state index contributed by atoms with van der Waals surface area (Å²) >= 11 is 0. The summed E-state index contributed by atoms with van der Waals surface area (Å²) in [5, 5.41) is 14.8. The number of carboxylic acids is 2. The number of aliphatic carboxylic acids is 2. The van der Waals surface area contributed by atoms with Crippen molar-refractivity contribution in [3.05, 3.63) is 119 Å². The first-order valence-electron chi connectivity index (χ1n) is 12.6. The van der Waals surface area contributed by atoms with Crippen molar-refractivity contribution in [3.8, 4) is 0 Å². The van der Waals surface area contributed by atoms with E-state index in [1.165, 1.54) is 29.8 Å². The van der Waals surface area contributed by atoms with Gasteiger partial charge in [-0.25, -0.2) is 18.4 Å². The molecule has 1 saturated heterocycles. The molecule has 0 radical (unpaired) electrons. The number of allylic oxidation sites excluding steroid dienone is 1. The van der Waals surface area contributed by atoms with Gasteiger partial charge in [-0.3, -0.25) is 4.90 Å². The maximum Gasteiger partial charge on any atom is 0.414 e. The fourth-order valence-corrected chi connectivity index (χ4v) is 4.05. The number of halogens is 2. The van der Waals surface area contributed by atoms with Gasteiger partial charge in [0.2, 0.25) is 0 Å². The Kier molecular flexibility index (Phi) is 11.6. The third kappa shape index (κ3) is 10.3. The van der Waals surface area contributed by atoms with Crippen LogP contribution >= 0.6 is 0 Å². The summed E-state index contributed by atoms with van der Waals surface area (Å²) in [6, 6.07) is 23.1. The number of benzene rings is 3. The van der Waals surface area contributed by atoms with Gasteiger partial charge in [0.1, 0.15) is 17.7 Å². The van der Waals surface area contributed by atoms with E-state index in [2.05, 4.69) is 46.3 Å². The zero-order valence-corrected chi connectivity index (χ0v) is 21.5. The number of hydrogen-bond acceptors (Lipinski definition) is 5. The Morgan fingerprint density at radius 2 is 1.31 bits per heavy atom. The number of carbonyl (C=O) groups is 2. The van der Waals surface area contributed by atoms with Crippen LogP contribution in [0.25, 0.3) is 0 Å². The Balaban J connectivity index is 0.000000631. The quantitative estimate of drug-likeness (QED) is 0.385. The molecule has 0 amide bonds. The summed E-state index contributed by atoms with van der Waals surface area (Å²) in [7, 11) is 0. The van der Waals surface area contributed by atoms with Crippen LogP contribution in [-0.2, 0) is 20.7 Å². The third-order valence-corrected chi connectivity index (χ3v) is 6.14. The molecular weight excluding hydrogens is 506 g/mol. The van der Waals surface area contributed by atoms with Crippen LogP contribution in [0.4, 0.5) is 8.78 Å². The van der Waals surface area contributed by atoms with Gasteiger partial charge in [0, 0.05) is 32.7 Å². The first-order valence-corrected chi connectivity index (χ1v) is 12.6. The van der Waals surface area contributed by atoms with Crippen LogP contribution in [-0.4, -0.2) is 71.3 Å². The van der Waals surface area contributed by atoms with E-state index in [1.54, 1.807) is 24.3 Å². The van der Waals surface area contributed by atoms with Gasteiger partial charge >= 0.3 is 11.9 Å². The van der Waals surface area contributed by atoms with E-state index < -0.39 is 11.9 Å². The maximum absolute atomic E-state index is 13.4. The molecule has 3 aromatic carbocycles. The molecule has 0 bridgehead atoms. The van der Waals surface area contributed by atoms with Crippen molar-refractivity contribution in [2.45, 2.75) is 12.5 Å². The predicted molar refractivity (Wildman–Crippen MR) is 143 cm³/mol. The summed E-state index contributed by atoms with van der Waals surface area (Å²) in [5.74, 6) is -4.22. The lowest BCUT2D eigenvalue weighted by Gasteiger charge is -2.34. The molecule has 206 valence electrons. The molecule has 0 aromatic heterocycles. The standard InChI is InChI=1S/C28H30F2N2O.C2H2O4/c29-26-12-8-24(9-13-26)28(25-10-14-27(30)15-11-25)33-22-21-32-19-17-31(18-20-32)16-4-7-23-5-2-1-3-6-23;3-1(4)2(5)6/h1-6,8-16,28H,7,17-22H2;(H,3,4)(H,5,6)/b16-4+;. The average Bonchev–Trinajstić information content (AvgIpc) is 2.94. The molecule has 0 saturated carbocycles. The molecule has 1 heterocycles. The van der Waals surface area contributed by atoms with E-state index in [1.807, 2.05) is 6.07 Å². The van der Waals surface area contributed by atoms with E-state index >= 15 is 0 Å². The Bertz CT molecular complexity index is 1140. The van der Waals surface area contributed by atoms with Crippen molar-refractivity contribution in [2.75, 3.05) is 39.3 Å². The van der Waals surface area contributed by atoms with Gasteiger partial charge in [0.25, 0.3) is 0 Å². The van der Waals surface area contributed by atoms with E-state index in [0.717, 1.165) is 50.3 Å². The molecule has 1 aliphatic heterocycles. The van der Waals surface area contributed by atoms with E-state index in [0.29, 0.717) is 6.61 Å². The second-order valence-electron chi connectivity index (χ2n) is 8.92. The molecule has 2 N–H and O–H groups in total. The fraction of sp³-hybridized carbons (Fsp3) is 0.267. The van der Waals surface area contributed by atoms with E-state index in [9.17, 15) is 8.78 Å². The Hall–Kier alpha value is -4.08. The SMILES string of the molecule is Fc1ccc(C(OCCN2CCN(/C=C/Cc3ccccc3)CC2)c2ccc(F)cc2)cc1.O=C(O)C(=O)O. The second kappa shape index (κ2) is 15.4. The van der Waals surface area contributed by atoms with Crippen LogP contribution in [0.2, 0.25) is 0 Å². The highest BCUT2D eigenvalue weighted by atomic mass is 19.1. The summed E-state index contributed by atoms with van der Waals surface area (Å²) in [5.41, 5.74) is 3.04. The fourth-order valence-electron chi connectivity index (χ4n) is 4.05. The van der Waals surface area contributed by atoms with Crippen molar-refractivity contribution in [3.63, 3.8) is 0 Å². The number of hydrogen-bond donors (Lipinski definition) is 2. The second-order valence-corrected chi connectivity index (χ2v) is 8.92. The Morgan fingerprint density at radius 3 is 1.79 bits per heavy atom. The van der Waals surface area contributed by atoms with Gasteiger partial charge < -0.3 is 19.8 Å². The number of piperazine rings is 1. The molecular formula is C30H32F2N2O5. The van der Waals surface area contributed by atoms with Gasteiger partial charge in [-0.1, -0.05) is 60.7 Å². The van der Waals surface area contributed by atoms with E-state index in [-0.39, 0.29) is 17.7 Å². The van der Waals surface area contributed by atoms with Gasteiger partial charge in [0.05, 0.1) is 6.61 Å². The summed E-state index contributed by atoms with van der Waals surface area (Å²) in [6.07, 6.45) is 5.03. The minimum atomic E-state index is -1.82. The highest BCUT2D eigenvalue weighted by Crippen LogP contribution is 2.26.